The van der Waals surface area contributed by atoms with Crippen molar-refractivity contribution < 1.29 is 0 Å². The van der Waals surface area contributed by atoms with E-state index in [0.717, 1.165) is 33.4 Å². The molecule has 0 aliphatic carbocycles. The van der Waals surface area contributed by atoms with Crippen LogP contribution in [0.1, 0.15) is 5.82 Å². The lowest BCUT2D eigenvalue weighted by Gasteiger charge is -2.04. The van der Waals surface area contributed by atoms with Crippen LogP contribution in [0.5, 0.6) is 0 Å². The normalized spacial score (nSPS) is 11.9. The fraction of sp³-hybridized carbons (Fsp3) is 0.0526. The zero-order valence-corrected chi connectivity index (χ0v) is 12.1. The molecule has 0 bridgehead atoms. The summed E-state index contributed by atoms with van der Waals surface area (Å²) in [6.07, 6.45) is 0. The van der Waals surface area contributed by atoms with Crippen LogP contribution >= 0.6 is 0 Å². The number of aryl methyl sites for hydroxylation is 1. The van der Waals surface area contributed by atoms with Crippen molar-refractivity contribution in [2.24, 2.45) is 0 Å². The van der Waals surface area contributed by atoms with E-state index >= 15 is 0 Å². The number of aromatic nitrogens is 3. The summed E-state index contributed by atoms with van der Waals surface area (Å²) in [6, 6.07) is 20.9. The molecule has 0 atom stereocenters. The number of hydrogen-bond acceptors (Lipinski definition) is 2. The number of fused-ring (bicyclic) bond motifs is 7. The SMILES string of the molecule is Cc1nc2ccccc2c2nc3c4ccccc4ccc3n12. The maximum Gasteiger partial charge on any atom is 0.148 e. The second-order valence-corrected chi connectivity index (χ2v) is 5.60. The average molecular weight is 283 g/mol. The topological polar surface area (TPSA) is 30.2 Å². The highest BCUT2D eigenvalue weighted by Gasteiger charge is 2.13. The van der Waals surface area contributed by atoms with Crippen LogP contribution in [0.2, 0.25) is 0 Å². The van der Waals surface area contributed by atoms with Gasteiger partial charge in [0.2, 0.25) is 0 Å². The van der Waals surface area contributed by atoms with E-state index in [4.69, 9.17) is 9.97 Å². The lowest BCUT2D eigenvalue weighted by atomic mass is 10.1. The van der Waals surface area contributed by atoms with Crippen molar-refractivity contribution in [2.75, 3.05) is 0 Å². The van der Waals surface area contributed by atoms with Crippen molar-refractivity contribution >= 4 is 38.4 Å². The lowest BCUT2D eigenvalue weighted by molar-refractivity contribution is 1.04. The highest BCUT2D eigenvalue weighted by Crippen LogP contribution is 2.29. The van der Waals surface area contributed by atoms with Crippen molar-refractivity contribution in [1.82, 2.24) is 14.4 Å². The van der Waals surface area contributed by atoms with E-state index in [-0.39, 0.29) is 0 Å². The molecule has 0 radical (unpaired) electrons. The molecule has 0 N–H and O–H groups in total. The number of para-hydroxylation sites is 1. The zero-order valence-electron chi connectivity index (χ0n) is 12.1. The highest BCUT2D eigenvalue weighted by atomic mass is 15.1. The molecular formula is C19H13N3. The number of nitrogens with zero attached hydrogens (tertiary/aromatic N) is 3. The van der Waals surface area contributed by atoms with E-state index in [1.165, 1.54) is 10.8 Å². The van der Waals surface area contributed by atoms with Crippen LogP contribution in [-0.4, -0.2) is 14.4 Å². The number of rotatable bonds is 0. The van der Waals surface area contributed by atoms with Gasteiger partial charge in [-0.2, -0.15) is 0 Å². The number of imidazole rings is 1. The summed E-state index contributed by atoms with van der Waals surface area (Å²) in [5.41, 5.74) is 4.13. The predicted molar refractivity (Wildman–Crippen MR) is 90.2 cm³/mol. The molecule has 3 heteroatoms. The molecule has 0 fully saturated rings. The molecule has 0 aliphatic heterocycles. The first kappa shape index (κ1) is 11.7. The Morgan fingerprint density at radius 3 is 2.45 bits per heavy atom. The van der Waals surface area contributed by atoms with Crippen molar-refractivity contribution in [1.29, 1.82) is 0 Å². The van der Waals surface area contributed by atoms with E-state index in [9.17, 15) is 0 Å². The number of benzene rings is 3. The van der Waals surface area contributed by atoms with Gasteiger partial charge in [0.15, 0.2) is 0 Å². The second kappa shape index (κ2) is 4.04. The van der Waals surface area contributed by atoms with E-state index < -0.39 is 0 Å². The summed E-state index contributed by atoms with van der Waals surface area (Å²) in [7, 11) is 0. The van der Waals surface area contributed by atoms with Crippen LogP contribution in [0.25, 0.3) is 38.4 Å². The standard InChI is InChI=1S/C19H13N3/c1-12-20-16-9-5-4-8-15(16)19-21-18-14-7-3-2-6-13(14)10-11-17(18)22(12)19/h2-11H,1H3. The van der Waals surface area contributed by atoms with E-state index in [1.807, 2.05) is 25.1 Å². The van der Waals surface area contributed by atoms with Gasteiger partial charge in [-0.15, -0.1) is 0 Å². The molecule has 22 heavy (non-hydrogen) atoms. The molecule has 5 rings (SSSR count). The van der Waals surface area contributed by atoms with Crippen molar-refractivity contribution in [3.8, 4) is 0 Å². The van der Waals surface area contributed by atoms with Gasteiger partial charge in [-0.1, -0.05) is 42.5 Å². The second-order valence-electron chi connectivity index (χ2n) is 5.60. The average Bonchev–Trinajstić information content (AvgIpc) is 2.96. The molecule has 0 aliphatic rings. The maximum atomic E-state index is 4.96. The van der Waals surface area contributed by atoms with Gasteiger partial charge in [0.05, 0.1) is 16.6 Å². The lowest BCUT2D eigenvalue weighted by Crippen LogP contribution is -1.96. The van der Waals surface area contributed by atoms with Gasteiger partial charge in [0.25, 0.3) is 0 Å². The molecule has 3 nitrogen and oxygen atoms in total. The summed E-state index contributed by atoms with van der Waals surface area (Å²) in [6.45, 7) is 2.04. The van der Waals surface area contributed by atoms with Crippen molar-refractivity contribution in [3.63, 3.8) is 0 Å². The Labute approximate surface area is 126 Å². The summed E-state index contributed by atoms with van der Waals surface area (Å²) < 4.78 is 2.16. The molecule has 0 spiro atoms. The molecule has 0 unspecified atom stereocenters. The van der Waals surface area contributed by atoms with Crippen molar-refractivity contribution in [2.45, 2.75) is 6.92 Å². The van der Waals surface area contributed by atoms with E-state index in [2.05, 4.69) is 46.9 Å². The zero-order chi connectivity index (χ0) is 14.7. The van der Waals surface area contributed by atoms with E-state index in [1.54, 1.807) is 0 Å². The Morgan fingerprint density at radius 2 is 1.55 bits per heavy atom. The summed E-state index contributed by atoms with van der Waals surface area (Å²) in [4.78, 5) is 9.68. The van der Waals surface area contributed by atoms with Crippen LogP contribution in [0.15, 0.2) is 60.7 Å². The first-order valence-corrected chi connectivity index (χ1v) is 7.38. The predicted octanol–water partition coefficient (Wildman–Crippen LogP) is 4.50. The van der Waals surface area contributed by atoms with Gasteiger partial charge < -0.3 is 0 Å². The Hall–Kier alpha value is -2.94. The Kier molecular flexibility index (Phi) is 2.15. The maximum absolute atomic E-state index is 4.96. The molecule has 2 aromatic heterocycles. The van der Waals surface area contributed by atoms with Crippen LogP contribution in [-0.2, 0) is 0 Å². The molecular weight excluding hydrogens is 270 g/mol. The first-order chi connectivity index (χ1) is 10.8. The minimum Gasteiger partial charge on any atom is -0.280 e. The molecule has 2 heterocycles. The summed E-state index contributed by atoms with van der Waals surface area (Å²) in [5.74, 6) is 0.964. The monoisotopic (exact) mass is 283 g/mol. The van der Waals surface area contributed by atoms with Crippen LogP contribution in [0.3, 0.4) is 0 Å². The summed E-state index contributed by atoms with van der Waals surface area (Å²) >= 11 is 0. The van der Waals surface area contributed by atoms with E-state index in [0.29, 0.717) is 0 Å². The third-order valence-corrected chi connectivity index (χ3v) is 4.30. The Bertz CT molecular complexity index is 1190. The van der Waals surface area contributed by atoms with Crippen LogP contribution in [0, 0.1) is 6.92 Å². The van der Waals surface area contributed by atoms with Crippen LogP contribution in [0.4, 0.5) is 0 Å². The molecule has 0 saturated carbocycles. The van der Waals surface area contributed by atoms with Gasteiger partial charge in [-0.25, -0.2) is 9.97 Å². The molecule has 104 valence electrons. The molecule has 0 amide bonds. The largest absolute Gasteiger partial charge is 0.280 e. The van der Waals surface area contributed by atoms with Gasteiger partial charge >= 0.3 is 0 Å². The summed E-state index contributed by atoms with van der Waals surface area (Å²) in [5, 5.41) is 3.49. The van der Waals surface area contributed by atoms with Gasteiger partial charge in [0.1, 0.15) is 11.5 Å². The van der Waals surface area contributed by atoms with Crippen LogP contribution < -0.4 is 0 Å². The third-order valence-electron chi connectivity index (χ3n) is 4.30. The van der Waals surface area contributed by atoms with Gasteiger partial charge in [-0.3, -0.25) is 4.40 Å². The third kappa shape index (κ3) is 1.40. The first-order valence-electron chi connectivity index (χ1n) is 7.38. The van der Waals surface area contributed by atoms with Crippen molar-refractivity contribution in [3.05, 3.63) is 66.5 Å². The fourth-order valence-electron chi connectivity index (χ4n) is 3.30. The quantitative estimate of drug-likeness (QED) is 0.419. The number of hydrogen-bond donors (Lipinski definition) is 0. The minimum atomic E-state index is 0.964. The van der Waals surface area contributed by atoms with Gasteiger partial charge in [-0.05, 0) is 30.5 Å². The fourth-order valence-corrected chi connectivity index (χ4v) is 3.30. The smallest absolute Gasteiger partial charge is 0.148 e. The molecule has 3 aromatic carbocycles. The Morgan fingerprint density at radius 1 is 0.773 bits per heavy atom. The highest BCUT2D eigenvalue weighted by molar-refractivity contribution is 6.07. The molecule has 5 aromatic rings. The molecule has 0 saturated heterocycles. The Balaban J connectivity index is 2.12. The minimum absolute atomic E-state index is 0.964. The van der Waals surface area contributed by atoms with Gasteiger partial charge in [0, 0.05) is 10.8 Å².